The summed E-state index contributed by atoms with van der Waals surface area (Å²) in [6.45, 7) is 6.30. The summed E-state index contributed by atoms with van der Waals surface area (Å²) in [5, 5.41) is 0. The number of hydrogen-bond acceptors (Lipinski definition) is 7. The molecule has 0 amide bonds. The zero-order valence-electron chi connectivity index (χ0n) is 12.4. The maximum absolute atomic E-state index is 11.1. The van der Waals surface area contributed by atoms with Crippen LogP contribution in [0.2, 0.25) is 0 Å². The van der Waals surface area contributed by atoms with E-state index in [0.29, 0.717) is 5.94 Å². The quantitative estimate of drug-likeness (QED) is 0.134. The molecule has 1 saturated heterocycles. The van der Waals surface area contributed by atoms with Gasteiger partial charge in [-0.05, 0) is 0 Å². The Morgan fingerprint density at radius 3 is 2.50 bits per heavy atom. The molecule has 0 aromatic rings. The van der Waals surface area contributed by atoms with E-state index < -0.39 is 32.1 Å². The minimum Gasteiger partial charge on any atom is -0.377 e. The fraction of sp³-hybridized carbons (Fsp3) is 1.00. The number of halogens is 1. The van der Waals surface area contributed by atoms with E-state index in [1.807, 2.05) is 0 Å². The lowest BCUT2D eigenvalue weighted by molar-refractivity contribution is -0.00839. The molecule has 12 heteroatoms. The lowest BCUT2D eigenvalue weighted by atomic mass is 9.93. The second kappa shape index (κ2) is 9.26. The summed E-state index contributed by atoms with van der Waals surface area (Å²) in [5.74, 6) is 0.294. The van der Waals surface area contributed by atoms with Crippen molar-refractivity contribution >= 4 is 60.3 Å². The number of phosphoric acid groups is 1. The van der Waals surface area contributed by atoms with Gasteiger partial charge in [-0.1, -0.05) is 42.4 Å². The van der Waals surface area contributed by atoms with Crippen LogP contribution in [0.3, 0.4) is 0 Å². The summed E-state index contributed by atoms with van der Waals surface area (Å²) in [4.78, 5) is 18.1. The summed E-state index contributed by atoms with van der Waals surface area (Å²) >= 11 is 1.66. The van der Waals surface area contributed by atoms with Gasteiger partial charge >= 0.3 is 7.82 Å². The highest BCUT2D eigenvalue weighted by Gasteiger charge is 2.46. The number of rotatable bonds is 8. The molecule has 4 atom stereocenters. The second-order valence-electron chi connectivity index (χ2n) is 5.54. The molecule has 0 aromatic heterocycles. The Kier molecular flexibility index (Phi) is 9.06. The Labute approximate surface area is 153 Å². The molecule has 2 unspecified atom stereocenters. The van der Waals surface area contributed by atoms with Crippen LogP contribution < -0.4 is 0 Å². The Hall–Kier alpha value is 1.48. The predicted octanol–water partition coefficient (Wildman–Crippen LogP) is 2.25. The highest BCUT2D eigenvalue weighted by molar-refractivity contribution is 14.1. The van der Waals surface area contributed by atoms with Crippen molar-refractivity contribution < 1.29 is 31.4 Å². The van der Waals surface area contributed by atoms with Crippen LogP contribution in [0.4, 0.5) is 0 Å². The van der Waals surface area contributed by atoms with Gasteiger partial charge in [0, 0.05) is 10.8 Å². The molecule has 1 heterocycles. The average Bonchev–Trinajstić information content (AvgIpc) is 2.59. The number of hydrogen-bond donors (Lipinski definition) is 2. The smallest absolute Gasteiger partial charge is 0.377 e. The first kappa shape index (κ1) is 21.5. The molecule has 0 aromatic carbocycles. The first-order valence-electron chi connectivity index (χ1n) is 6.34. The van der Waals surface area contributed by atoms with Crippen molar-refractivity contribution in [3.63, 3.8) is 0 Å². The van der Waals surface area contributed by atoms with Crippen LogP contribution in [-0.2, 0) is 21.6 Å². The van der Waals surface area contributed by atoms with Crippen LogP contribution in [-0.4, -0.2) is 59.2 Å². The van der Waals surface area contributed by atoms with E-state index in [9.17, 15) is 4.57 Å². The third-order valence-corrected chi connectivity index (χ3v) is 6.32. The molecule has 0 aliphatic carbocycles. The monoisotopic (exact) mass is 484 g/mol. The Morgan fingerprint density at radius 2 is 2.00 bits per heavy atom. The Bertz CT molecular complexity index is 394. The lowest BCUT2D eigenvalue weighted by Gasteiger charge is -2.24. The average molecular weight is 484 g/mol. The van der Waals surface area contributed by atoms with Gasteiger partial charge in [-0.2, -0.15) is 0 Å². The van der Waals surface area contributed by atoms with E-state index in [2.05, 4.69) is 20.8 Å². The standard InChI is InChI=1S/C10H19BIO7PS2/c1-10(2,3)22-21-5-16-8-7(19-20(13,14)15)6(4-17-12)18-9(8)11/h6-9H,4-5H2,1-3H3,(H2,13,14,15)/t6-,7?,8?,9-/m1/s1. The molecule has 22 heavy (non-hydrogen) atoms. The maximum Gasteiger partial charge on any atom is 0.470 e. The van der Waals surface area contributed by atoms with Crippen molar-refractivity contribution in [2.24, 2.45) is 0 Å². The van der Waals surface area contributed by atoms with Crippen molar-refractivity contribution in [3.05, 3.63) is 0 Å². The molecule has 0 saturated carbocycles. The molecule has 2 N–H and O–H groups in total. The molecular formula is C10H19BIO7PS2. The minimum atomic E-state index is -4.69. The van der Waals surface area contributed by atoms with E-state index in [4.69, 9.17) is 34.7 Å². The molecule has 0 spiro atoms. The molecule has 1 fully saturated rings. The van der Waals surface area contributed by atoms with Gasteiger partial charge in [0.2, 0.25) is 0 Å². The van der Waals surface area contributed by atoms with Crippen LogP contribution >= 0.6 is 52.4 Å². The first-order chi connectivity index (χ1) is 10.0. The molecule has 2 radical (unpaired) electrons. The van der Waals surface area contributed by atoms with Gasteiger partial charge in [-0.15, -0.1) is 0 Å². The molecule has 1 rings (SSSR count). The predicted molar refractivity (Wildman–Crippen MR) is 96.0 cm³/mol. The van der Waals surface area contributed by atoms with Crippen molar-refractivity contribution in [1.82, 2.24) is 0 Å². The third kappa shape index (κ3) is 8.04. The second-order valence-corrected chi connectivity index (χ2v) is 10.4. The topological polar surface area (TPSA) is 94.5 Å². The van der Waals surface area contributed by atoms with Gasteiger partial charge in [0.1, 0.15) is 55.1 Å². The summed E-state index contributed by atoms with van der Waals surface area (Å²) in [6, 6.07) is -0.840. The van der Waals surface area contributed by atoms with Crippen molar-refractivity contribution in [2.75, 3.05) is 12.5 Å². The normalized spacial score (nSPS) is 29.9. The van der Waals surface area contributed by atoms with Gasteiger partial charge in [0.15, 0.2) is 0 Å². The highest BCUT2D eigenvalue weighted by atomic mass is 127. The van der Waals surface area contributed by atoms with Crippen LogP contribution in [0.15, 0.2) is 0 Å². The largest absolute Gasteiger partial charge is 0.470 e. The fourth-order valence-electron chi connectivity index (χ4n) is 1.73. The number of ether oxygens (including phenoxy) is 2. The molecular weight excluding hydrogens is 465 g/mol. The summed E-state index contributed by atoms with van der Waals surface area (Å²) in [5.41, 5.74) is 0. The Balaban J connectivity index is 2.61. The molecule has 1 aliphatic rings. The zero-order valence-corrected chi connectivity index (χ0v) is 17.1. The first-order valence-corrected chi connectivity index (χ1v) is 11.1. The van der Waals surface area contributed by atoms with Crippen molar-refractivity contribution in [3.8, 4) is 0 Å². The fourth-order valence-corrected chi connectivity index (χ4v) is 4.65. The van der Waals surface area contributed by atoms with Crippen LogP contribution in [0.5, 0.6) is 0 Å². The highest BCUT2D eigenvalue weighted by Crippen LogP contribution is 2.43. The van der Waals surface area contributed by atoms with Crippen LogP contribution in [0.1, 0.15) is 20.8 Å². The zero-order chi connectivity index (χ0) is 17.0. The van der Waals surface area contributed by atoms with Crippen molar-refractivity contribution in [2.45, 2.75) is 49.8 Å². The lowest BCUT2D eigenvalue weighted by Crippen LogP contribution is -2.38. The SMILES string of the molecule is [B][C@@H]1O[C@H](COI)C(OP(=O)(O)O)C1OCSSC(C)(C)C. The van der Waals surface area contributed by atoms with Gasteiger partial charge in [-0.25, -0.2) is 4.57 Å². The van der Waals surface area contributed by atoms with Gasteiger partial charge < -0.3 is 22.3 Å². The molecule has 1 aliphatic heterocycles. The van der Waals surface area contributed by atoms with Crippen LogP contribution in [0.25, 0.3) is 0 Å². The molecule has 0 bridgehead atoms. The van der Waals surface area contributed by atoms with Crippen LogP contribution in [0, 0.1) is 0 Å². The van der Waals surface area contributed by atoms with E-state index in [1.54, 1.807) is 33.8 Å². The van der Waals surface area contributed by atoms with E-state index >= 15 is 0 Å². The van der Waals surface area contributed by atoms with E-state index in [0.717, 1.165) is 0 Å². The number of phosphoric ester groups is 1. The van der Waals surface area contributed by atoms with E-state index in [1.165, 1.54) is 10.8 Å². The summed E-state index contributed by atoms with van der Waals surface area (Å²) < 4.78 is 31.9. The Morgan fingerprint density at radius 1 is 1.36 bits per heavy atom. The molecule has 128 valence electrons. The minimum absolute atomic E-state index is 0.0711. The van der Waals surface area contributed by atoms with Crippen molar-refractivity contribution in [1.29, 1.82) is 0 Å². The van der Waals surface area contributed by atoms with E-state index in [-0.39, 0.29) is 11.4 Å². The summed E-state index contributed by atoms with van der Waals surface area (Å²) in [7, 11) is 4.25. The van der Waals surface area contributed by atoms with Gasteiger partial charge in [0.05, 0.1) is 6.61 Å². The third-order valence-electron chi connectivity index (χ3n) is 2.45. The van der Waals surface area contributed by atoms with Gasteiger partial charge in [-0.3, -0.25) is 4.52 Å². The molecule has 7 nitrogen and oxygen atoms in total. The summed E-state index contributed by atoms with van der Waals surface area (Å²) in [6.07, 6.45) is -2.48. The van der Waals surface area contributed by atoms with Gasteiger partial charge in [0.25, 0.3) is 0 Å². The maximum atomic E-state index is 11.1.